The van der Waals surface area contributed by atoms with Crippen molar-refractivity contribution in [3.63, 3.8) is 0 Å². The second-order valence-electron chi connectivity index (χ2n) is 2.01. The second kappa shape index (κ2) is 2.72. The van der Waals surface area contributed by atoms with E-state index in [-0.39, 0.29) is 0 Å². The van der Waals surface area contributed by atoms with Crippen molar-refractivity contribution >= 4 is 33.8 Å². The Morgan fingerprint density at radius 1 is 1.70 bits per heavy atom. The topological polar surface area (TPSA) is 41.8 Å². The highest BCUT2D eigenvalue weighted by Gasteiger charge is 1.98. The summed E-state index contributed by atoms with van der Waals surface area (Å²) in [5.74, 6) is 0. The molecule has 1 heterocycles. The molecule has 0 fully saturated rings. The first kappa shape index (κ1) is 7.75. The lowest BCUT2D eigenvalue weighted by atomic mass is 10.3. The van der Waals surface area contributed by atoms with E-state index < -0.39 is 0 Å². The Morgan fingerprint density at radius 2 is 2.30 bits per heavy atom. The molecule has 1 aromatic rings. The van der Waals surface area contributed by atoms with Gasteiger partial charge in [0.15, 0.2) is 0 Å². The average molecular weight is 219 g/mol. The summed E-state index contributed by atoms with van der Waals surface area (Å²) in [6.07, 6.45) is 1.70. The molecule has 0 aliphatic carbocycles. The molecule has 0 saturated heterocycles. The van der Waals surface area contributed by atoms with Crippen LogP contribution in [-0.2, 0) is 0 Å². The van der Waals surface area contributed by atoms with E-state index >= 15 is 0 Å². The van der Waals surface area contributed by atoms with Crippen LogP contribution in [0.1, 0.15) is 5.56 Å². The zero-order valence-corrected chi connectivity index (χ0v) is 7.84. The van der Waals surface area contributed by atoms with Crippen LogP contribution in [0.3, 0.4) is 0 Å². The molecule has 0 aliphatic rings. The van der Waals surface area contributed by atoms with Crippen LogP contribution in [-0.4, -0.2) is 4.98 Å². The van der Waals surface area contributed by atoms with E-state index in [0.717, 1.165) is 15.7 Å². The van der Waals surface area contributed by atoms with E-state index in [1.807, 2.05) is 6.92 Å². The van der Waals surface area contributed by atoms with Gasteiger partial charge in [-0.1, -0.05) is 12.2 Å². The average Bonchev–Trinajstić information content (AvgIpc) is 1.93. The summed E-state index contributed by atoms with van der Waals surface area (Å²) in [4.78, 5) is 2.85. The van der Waals surface area contributed by atoms with E-state index in [9.17, 15) is 0 Å². The number of nitrogen functional groups attached to an aromatic ring is 1. The Kier molecular flexibility index (Phi) is 2.11. The predicted octanol–water partition coefficient (Wildman–Crippen LogP) is 2.40. The highest BCUT2D eigenvalue weighted by Crippen LogP contribution is 2.20. The van der Waals surface area contributed by atoms with Gasteiger partial charge in [0.1, 0.15) is 4.64 Å². The normalized spacial score (nSPS) is 9.80. The highest BCUT2D eigenvalue weighted by molar-refractivity contribution is 9.10. The number of aromatic nitrogens is 1. The van der Waals surface area contributed by atoms with Crippen LogP contribution < -0.4 is 5.73 Å². The lowest BCUT2D eigenvalue weighted by Gasteiger charge is -2.00. The maximum atomic E-state index is 5.58. The molecule has 54 valence electrons. The highest BCUT2D eigenvalue weighted by atomic mass is 79.9. The summed E-state index contributed by atoms with van der Waals surface area (Å²) in [6.45, 7) is 1.92. The van der Waals surface area contributed by atoms with Crippen LogP contribution >= 0.6 is 28.1 Å². The number of pyridine rings is 1. The molecular formula is C6H7BrN2S. The summed E-state index contributed by atoms with van der Waals surface area (Å²) in [5, 5.41) is 0. The zero-order chi connectivity index (χ0) is 7.72. The van der Waals surface area contributed by atoms with Gasteiger partial charge in [-0.05, 0) is 28.4 Å². The first-order chi connectivity index (χ1) is 4.63. The number of rotatable bonds is 0. The summed E-state index contributed by atoms with van der Waals surface area (Å²) in [5.41, 5.74) is 7.29. The van der Waals surface area contributed by atoms with E-state index in [1.165, 1.54) is 0 Å². The molecule has 3 N–H and O–H groups in total. The third-order valence-corrected chi connectivity index (χ3v) is 2.90. The minimum atomic E-state index is 0.687. The zero-order valence-electron chi connectivity index (χ0n) is 5.44. The molecule has 0 bridgehead atoms. The van der Waals surface area contributed by atoms with Gasteiger partial charge in [-0.15, -0.1) is 0 Å². The van der Waals surface area contributed by atoms with Gasteiger partial charge in [-0.3, -0.25) is 0 Å². The molecule has 1 aromatic heterocycles. The van der Waals surface area contributed by atoms with Crippen molar-refractivity contribution in [2.75, 3.05) is 5.73 Å². The quantitative estimate of drug-likeness (QED) is 0.658. The van der Waals surface area contributed by atoms with Crippen LogP contribution in [0.15, 0.2) is 10.7 Å². The minimum Gasteiger partial charge on any atom is -0.397 e. The number of aromatic amines is 1. The molecule has 0 spiro atoms. The van der Waals surface area contributed by atoms with Crippen molar-refractivity contribution < 1.29 is 0 Å². The smallest absolute Gasteiger partial charge is 0.118 e. The van der Waals surface area contributed by atoms with Gasteiger partial charge in [0.25, 0.3) is 0 Å². The molecule has 4 heteroatoms. The maximum absolute atomic E-state index is 5.58. The van der Waals surface area contributed by atoms with Gasteiger partial charge in [0.2, 0.25) is 0 Å². The number of anilines is 1. The first-order valence-electron chi connectivity index (χ1n) is 2.76. The standard InChI is InChI=1S/C6H7BrN2S/c1-3-4(8)2-9-6(10)5(3)7/h2H,8H2,1H3,(H,9,10). The van der Waals surface area contributed by atoms with Crippen molar-refractivity contribution in [2.24, 2.45) is 0 Å². The van der Waals surface area contributed by atoms with E-state index in [4.69, 9.17) is 18.0 Å². The second-order valence-corrected chi connectivity index (χ2v) is 3.21. The molecule has 1 rings (SSSR count). The van der Waals surface area contributed by atoms with Crippen LogP contribution in [0.25, 0.3) is 0 Å². The number of nitrogens with two attached hydrogens (primary N) is 1. The number of hydrogen-bond donors (Lipinski definition) is 2. The molecule has 0 amide bonds. The van der Waals surface area contributed by atoms with Crippen LogP contribution in [0.2, 0.25) is 0 Å². The number of nitrogens with one attached hydrogen (secondary N) is 1. The number of halogens is 1. The molecule has 2 nitrogen and oxygen atoms in total. The Labute approximate surface area is 72.6 Å². The monoisotopic (exact) mass is 218 g/mol. The van der Waals surface area contributed by atoms with Gasteiger partial charge in [-0.2, -0.15) is 0 Å². The van der Waals surface area contributed by atoms with Crippen LogP contribution in [0.4, 0.5) is 5.69 Å². The molecule has 0 aromatic carbocycles. The Hall–Kier alpha value is -0.350. The fourth-order valence-electron chi connectivity index (χ4n) is 0.612. The third kappa shape index (κ3) is 1.22. The molecule has 0 radical (unpaired) electrons. The molecule has 0 unspecified atom stereocenters. The SMILES string of the molecule is Cc1c(N)c[nH]c(=S)c1Br. The molecule has 0 saturated carbocycles. The van der Waals surface area contributed by atoms with Crippen molar-refractivity contribution in [1.29, 1.82) is 0 Å². The Balaban J connectivity index is 3.49. The Bertz CT molecular complexity index is 305. The molecular weight excluding hydrogens is 212 g/mol. The van der Waals surface area contributed by atoms with Crippen LogP contribution in [0, 0.1) is 11.6 Å². The summed E-state index contributed by atoms with van der Waals surface area (Å²) < 4.78 is 1.56. The van der Waals surface area contributed by atoms with Crippen molar-refractivity contribution in [1.82, 2.24) is 4.98 Å². The molecule has 0 aliphatic heterocycles. The van der Waals surface area contributed by atoms with Crippen molar-refractivity contribution in [2.45, 2.75) is 6.92 Å². The van der Waals surface area contributed by atoms with E-state index in [2.05, 4.69) is 20.9 Å². The number of hydrogen-bond acceptors (Lipinski definition) is 2. The lowest BCUT2D eigenvalue weighted by molar-refractivity contribution is 1.24. The first-order valence-corrected chi connectivity index (χ1v) is 3.96. The number of H-pyrrole nitrogens is 1. The summed E-state index contributed by atoms with van der Waals surface area (Å²) in [7, 11) is 0. The third-order valence-electron chi connectivity index (χ3n) is 1.32. The van der Waals surface area contributed by atoms with E-state index in [1.54, 1.807) is 6.20 Å². The molecule has 10 heavy (non-hydrogen) atoms. The largest absolute Gasteiger partial charge is 0.397 e. The van der Waals surface area contributed by atoms with Gasteiger partial charge in [0, 0.05) is 6.20 Å². The van der Waals surface area contributed by atoms with E-state index in [0.29, 0.717) is 4.64 Å². The predicted molar refractivity (Wildman–Crippen MR) is 48.5 cm³/mol. The lowest BCUT2D eigenvalue weighted by Crippen LogP contribution is -1.92. The van der Waals surface area contributed by atoms with Crippen molar-refractivity contribution in [3.05, 3.63) is 20.9 Å². The fourth-order valence-corrected chi connectivity index (χ4v) is 1.17. The van der Waals surface area contributed by atoms with Gasteiger partial charge in [0.05, 0.1) is 10.2 Å². The van der Waals surface area contributed by atoms with Crippen LogP contribution in [0.5, 0.6) is 0 Å². The molecule has 0 atom stereocenters. The van der Waals surface area contributed by atoms with Gasteiger partial charge < -0.3 is 10.7 Å². The Morgan fingerprint density at radius 3 is 2.80 bits per heavy atom. The van der Waals surface area contributed by atoms with Gasteiger partial charge in [-0.25, -0.2) is 0 Å². The fraction of sp³-hybridized carbons (Fsp3) is 0.167. The van der Waals surface area contributed by atoms with Gasteiger partial charge >= 0.3 is 0 Å². The van der Waals surface area contributed by atoms with Crippen molar-refractivity contribution in [3.8, 4) is 0 Å². The minimum absolute atomic E-state index is 0.687. The summed E-state index contributed by atoms with van der Waals surface area (Å²) >= 11 is 8.26. The maximum Gasteiger partial charge on any atom is 0.118 e. The summed E-state index contributed by atoms with van der Waals surface area (Å²) in [6, 6.07) is 0.